The van der Waals surface area contributed by atoms with Gasteiger partial charge in [0.25, 0.3) is 0 Å². The zero-order chi connectivity index (χ0) is 22.7. The molecule has 2 aromatic heterocycles. The Hall–Kier alpha value is -2.97. The van der Waals surface area contributed by atoms with Gasteiger partial charge >= 0.3 is 5.69 Å². The number of ether oxygens (including phenoxy) is 1. The van der Waals surface area contributed by atoms with Gasteiger partial charge in [-0.2, -0.15) is 0 Å². The fourth-order valence-electron chi connectivity index (χ4n) is 3.50. The van der Waals surface area contributed by atoms with E-state index in [2.05, 4.69) is 30.0 Å². The maximum atomic E-state index is 13.1. The molecule has 0 fully saturated rings. The first-order valence-corrected chi connectivity index (χ1v) is 11.1. The van der Waals surface area contributed by atoms with Crippen LogP contribution in [0.2, 0.25) is 5.02 Å². The summed E-state index contributed by atoms with van der Waals surface area (Å²) < 4.78 is 8.10. The predicted octanol–water partition coefficient (Wildman–Crippen LogP) is 4.56. The lowest BCUT2D eigenvalue weighted by molar-refractivity contribution is 0.414. The summed E-state index contributed by atoms with van der Waals surface area (Å²) in [6.45, 7) is 2.89. The van der Waals surface area contributed by atoms with Crippen molar-refractivity contribution in [3.05, 3.63) is 81.0 Å². The van der Waals surface area contributed by atoms with Crippen LogP contribution in [0, 0.1) is 0 Å². The molecular formula is C23H24ClN5O2S. The molecule has 4 aromatic rings. The molecule has 0 amide bonds. The van der Waals surface area contributed by atoms with Crippen molar-refractivity contribution in [2.24, 2.45) is 0 Å². The van der Waals surface area contributed by atoms with Crippen LogP contribution in [0.5, 0.6) is 5.75 Å². The molecule has 0 aliphatic carbocycles. The second-order valence-electron chi connectivity index (χ2n) is 7.38. The van der Waals surface area contributed by atoms with Gasteiger partial charge in [0.05, 0.1) is 13.7 Å². The zero-order valence-corrected chi connectivity index (χ0v) is 19.5. The molecule has 9 heteroatoms. The summed E-state index contributed by atoms with van der Waals surface area (Å²) in [5.41, 5.74) is 2.66. The van der Waals surface area contributed by atoms with Crippen LogP contribution in [0.4, 0.5) is 5.82 Å². The Kier molecular flexibility index (Phi) is 6.72. The highest BCUT2D eigenvalue weighted by atomic mass is 35.5. The van der Waals surface area contributed by atoms with Crippen molar-refractivity contribution in [2.45, 2.75) is 32.9 Å². The molecule has 0 spiro atoms. The summed E-state index contributed by atoms with van der Waals surface area (Å²) in [5.74, 6) is 2.03. The van der Waals surface area contributed by atoms with E-state index in [1.165, 1.54) is 3.97 Å². The molecule has 166 valence electrons. The molecule has 0 bridgehead atoms. The molecule has 7 nitrogen and oxygen atoms in total. The van der Waals surface area contributed by atoms with Gasteiger partial charge in [-0.15, -0.1) is 0 Å². The summed E-state index contributed by atoms with van der Waals surface area (Å²) in [6, 6.07) is 15.2. The quantitative estimate of drug-likeness (QED) is 0.370. The van der Waals surface area contributed by atoms with Gasteiger partial charge in [-0.1, -0.05) is 61.7 Å². The van der Waals surface area contributed by atoms with Gasteiger partial charge in [0.15, 0.2) is 11.5 Å². The summed E-state index contributed by atoms with van der Waals surface area (Å²) in [7, 11) is 1.64. The fourth-order valence-corrected chi connectivity index (χ4v) is 3.99. The molecule has 0 saturated heterocycles. The van der Waals surface area contributed by atoms with Gasteiger partial charge in [0.2, 0.25) is 0 Å². The number of benzene rings is 2. The normalized spacial score (nSPS) is 11.1. The molecule has 2 heterocycles. The SMILES string of the molecule is CCCc1nc(NCc2ccc(OC)cc2)c2c(n1)n(Cc1ccccc1Cl)c(=O)n2S. The molecule has 0 unspecified atom stereocenters. The lowest BCUT2D eigenvalue weighted by Gasteiger charge is -2.11. The van der Waals surface area contributed by atoms with Crippen LogP contribution in [0.1, 0.15) is 30.3 Å². The lowest BCUT2D eigenvalue weighted by atomic mass is 10.2. The van der Waals surface area contributed by atoms with Crippen LogP contribution < -0.4 is 15.7 Å². The Morgan fingerprint density at radius 3 is 2.56 bits per heavy atom. The lowest BCUT2D eigenvalue weighted by Crippen LogP contribution is -2.21. The van der Waals surface area contributed by atoms with Gasteiger partial charge in [0.1, 0.15) is 17.1 Å². The first-order chi connectivity index (χ1) is 15.5. The number of imidazole rings is 1. The van der Waals surface area contributed by atoms with Crippen molar-refractivity contribution in [3.63, 3.8) is 0 Å². The van der Waals surface area contributed by atoms with Crippen molar-refractivity contribution >= 4 is 41.4 Å². The van der Waals surface area contributed by atoms with E-state index in [-0.39, 0.29) is 5.69 Å². The van der Waals surface area contributed by atoms with Gasteiger partial charge in [-0.3, -0.25) is 4.57 Å². The minimum absolute atomic E-state index is 0.293. The van der Waals surface area contributed by atoms with Gasteiger partial charge < -0.3 is 10.1 Å². The third-order valence-electron chi connectivity index (χ3n) is 5.17. The number of thiol groups is 1. The van der Waals surface area contributed by atoms with Crippen molar-refractivity contribution < 1.29 is 4.74 Å². The number of aryl methyl sites for hydroxylation is 1. The Labute approximate surface area is 196 Å². The van der Waals surface area contributed by atoms with E-state index in [4.69, 9.17) is 21.3 Å². The number of nitrogens with zero attached hydrogens (tertiary/aromatic N) is 4. The number of anilines is 1. The summed E-state index contributed by atoms with van der Waals surface area (Å²) >= 11 is 10.8. The molecule has 0 saturated carbocycles. The largest absolute Gasteiger partial charge is 0.497 e. The van der Waals surface area contributed by atoms with Crippen molar-refractivity contribution in [1.29, 1.82) is 0 Å². The van der Waals surface area contributed by atoms with Crippen LogP contribution >= 0.6 is 24.4 Å². The van der Waals surface area contributed by atoms with Crippen LogP contribution in [0.25, 0.3) is 11.2 Å². The number of rotatable bonds is 8. The average molecular weight is 470 g/mol. The minimum atomic E-state index is -0.293. The predicted molar refractivity (Wildman–Crippen MR) is 131 cm³/mol. The molecule has 1 N–H and O–H groups in total. The number of hydrogen-bond donors (Lipinski definition) is 2. The second-order valence-corrected chi connectivity index (χ2v) is 8.19. The molecule has 2 aromatic carbocycles. The number of fused-ring (bicyclic) bond motifs is 1. The molecule has 0 atom stereocenters. The van der Waals surface area contributed by atoms with Gasteiger partial charge in [-0.05, 0) is 35.7 Å². The van der Waals surface area contributed by atoms with Crippen LogP contribution in [0.15, 0.2) is 53.3 Å². The van der Waals surface area contributed by atoms with Gasteiger partial charge in [-0.25, -0.2) is 18.7 Å². The van der Waals surface area contributed by atoms with E-state index >= 15 is 0 Å². The number of nitrogens with one attached hydrogen (secondary N) is 1. The maximum absolute atomic E-state index is 13.1. The number of methoxy groups -OCH3 is 1. The standard InChI is InChI=1S/C23H24ClN5O2S/c1-3-6-19-26-21(25-13-15-9-11-17(31-2)12-10-15)20-22(27-19)28(23(30)29(20)32)14-16-7-4-5-8-18(16)24/h4-5,7-12,32H,3,6,13-14H2,1-2H3,(H,25,26,27). The highest BCUT2D eigenvalue weighted by molar-refractivity contribution is 7.78. The molecular weight excluding hydrogens is 446 g/mol. The molecule has 32 heavy (non-hydrogen) atoms. The molecule has 4 rings (SSSR count). The van der Waals surface area contributed by atoms with Crippen LogP contribution in [-0.4, -0.2) is 25.6 Å². The highest BCUT2D eigenvalue weighted by Gasteiger charge is 2.20. The van der Waals surface area contributed by atoms with Crippen molar-refractivity contribution in [3.8, 4) is 5.75 Å². The van der Waals surface area contributed by atoms with E-state index in [0.717, 1.165) is 23.3 Å². The second kappa shape index (κ2) is 9.67. The van der Waals surface area contributed by atoms with E-state index in [1.807, 2.05) is 42.5 Å². The Morgan fingerprint density at radius 1 is 1.12 bits per heavy atom. The van der Waals surface area contributed by atoms with E-state index in [9.17, 15) is 4.79 Å². The number of aromatic nitrogens is 4. The first kappa shape index (κ1) is 22.2. The molecule has 0 aliphatic heterocycles. The number of hydrogen-bond acceptors (Lipinski definition) is 6. The van der Waals surface area contributed by atoms with Crippen LogP contribution in [-0.2, 0) is 19.5 Å². The summed E-state index contributed by atoms with van der Waals surface area (Å²) in [5, 5.41) is 3.95. The maximum Gasteiger partial charge on any atom is 0.340 e. The third kappa shape index (κ3) is 4.47. The van der Waals surface area contributed by atoms with E-state index in [0.29, 0.717) is 47.3 Å². The van der Waals surface area contributed by atoms with Crippen molar-refractivity contribution in [2.75, 3.05) is 12.4 Å². The minimum Gasteiger partial charge on any atom is -0.497 e. The van der Waals surface area contributed by atoms with E-state index < -0.39 is 0 Å². The topological polar surface area (TPSA) is 74.0 Å². The first-order valence-electron chi connectivity index (χ1n) is 10.3. The Balaban J connectivity index is 1.76. The molecule has 0 radical (unpaired) electrons. The Bertz CT molecular complexity index is 1300. The number of halogens is 1. The zero-order valence-electron chi connectivity index (χ0n) is 17.9. The summed E-state index contributed by atoms with van der Waals surface area (Å²) in [6.07, 6.45) is 1.59. The third-order valence-corrected chi connectivity index (χ3v) is 5.91. The fraction of sp³-hybridized carbons (Fsp3) is 0.261. The highest BCUT2D eigenvalue weighted by Crippen LogP contribution is 2.24. The Morgan fingerprint density at radius 2 is 1.88 bits per heavy atom. The monoisotopic (exact) mass is 469 g/mol. The van der Waals surface area contributed by atoms with E-state index in [1.54, 1.807) is 17.7 Å². The average Bonchev–Trinajstić information content (AvgIpc) is 3.04. The molecule has 0 aliphatic rings. The smallest absolute Gasteiger partial charge is 0.340 e. The summed E-state index contributed by atoms with van der Waals surface area (Å²) in [4.78, 5) is 22.4. The van der Waals surface area contributed by atoms with Gasteiger partial charge in [0, 0.05) is 18.0 Å². The van der Waals surface area contributed by atoms with Crippen LogP contribution in [0.3, 0.4) is 0 Å². The van der Waals surface area contributed by atoms with Crippen molar-refractivity contribution in [1.82, 2.24) is 18.5 Å².